The number of ether oxygens (including phenoxy) is 1. The number of nitrogens with zero attached hydrogens (tertiary/aromatic N) is 3. The summed E-state index contributed by atoms with van der Waals surface area (Å²) in [6.07, 6.45) is -1.07. The number of aromatic hydroxyl groups is 1. The number of esters is 1. The molecule has 7 nitrogen and oxygen atoms in total. The number of benzene rings is 3. The molecule has 3 aromatic carbocycles. The van der Waals surface area contributed by atoms with Gasteiger partial charge in [0.2, 0.25) is 6.10 Å². The van der Waals surface area contributed by atoms with Crippen LogP contribution in [0.15, 0.2) is 89.1 Å². The third-order valence-electron chi connectivity index (χ3n) is 4.24. The van der Waals surface area contributed by atoms with Gasteiger partial charge in [-0.25, -0.2) is 4.79 Å². The van der Waals surface area contributed by atoms with E-state index >= 15 is 0 Å². The summed E-state index contributed by atoms with van der Waals surface area (Å²) in [6.45, 7) is 0. The standard InChI is InChI=1S/C23H21N3O4/c1-26(2)22(28)21(16-8-4-3-5-9-16)30-23(29)19-10-6-7-11-20(19)25-24-17-12-14-18(27)15-13-17/h3-15,21,27H,1-2H3/t21-/m0/s1. The van der Waals surface area contributed by atoms with Gasteiger partial charge in [-0.3, -0.25) is 4.79 Å². The first kappa shape index (κ1) is 20.7. The predicted octanol–water partition coefficient (Wildman–Crippen LogP) is 4.79. The summed E-state index contributed by atoms with van der Waals surface area (Å²) in [7, 11) is 3.21. The highest BCUT2D eigenvalue weighted by Gasteiger charge is 2.27. The fourth-order valence-electron chi connectivity index (χ4n) is 2.66. The summed E-state index contributed by atoms with van der Waals surface area (Å²) in [6, 6.07) is 21.6. The van der Waals surface area contributed by atoms with Gasteiger partial charge in [-0.1, -0.05) is 42.5 Å². The Balaban J connectivity index is 1.87. The van der Waals surface area contributed by atoms with Crippen molar-refractivity contribution < 1.29 is 19.4 Å². The van der Waals surface area contributed by atoms with Crippen molar-refractivity contribution in [3.8, 4) is 5.75 Å². The van der Waals surface area contributed by atoms with Gasteiger partial charge in [-0.15, -0.1) is 5.11 Å². The van der Waals surface area contributed by atoms with Crippen LogP contribution < -0.4 is 0 Å². The van der Waals surface area contributed by atoms with Gasteiger partial charge >= 0.3 is 5.97 Å². The molecule has 0 heterocycles. The van der Waals surface area contributed by atoms with Crippen molar-refractivity contribution in [2.24, 2.45) is 10.2 Å². The molecule has 0 unspecified atom stereocenters. The lowest BCUT2D eigenvalue weighted by molar-refractivity contribution is -0.138. The van der Waals surface area contributed by atoms with Crippen LogP contribution in [0.2, 0.25) is 0 Å². The first-order valence-corrected chi connectivity index (χ1v) is 9.22. The van der Waals surface area contributed by atoms with E-state index in [4.69, 9.17) is 4.74 Å². The summed E-state index contributed by atoms with van der Waals surface area (Å²) in [5.74, 6) is -0.910. The van der Waals surface area contributed by atoms with Crippen LogP contribution in [-0.2, 0) is 9.53 Å². The maximum absolute atomic E-state index is 12.9. The molecule has 152 valence electrons. The lowest BCUT2D eigenvalue weighted by atomic mass is 10.1. The summed E-state index contributed by atoms with van der Waals surface area (Å²) in [5.41, 5.74) is 1.58. The average molecular weight is 403 g/mol. The van der Waals surface area contributed by atoms with E-state index in [1.165, 1.54) is 17.0 Å². The van der Waals surface area contributed by atoms with Crippen molar-refractivity contribution in [1.82, 2.24) is 4.90 Å². The lowest BCUT2D eigenvalue weighted by Gasteiger charge is -2.21. The number of hydrogen-bond acceptors (Lipinski definition) is 6. The van der Waals surface area contributed by atoms with E-state index < -0.39 is 12.1 Å². The Morgan fingerprint density at radius 3 is 2.17 bits per heavy atom. The maximum Gasteiger partial charge on any atom is 0.341 e. The largest absolute Gasteiger partial charge is 0.508 e. The molecule has 0 aliphatic rings. The fraction of sp³-hybridized carbons (Fsp3) is 0.130. The van der Waals surface area contributed by atoms with Crippen molar-refractivity contribution in [3.63, 3.8) is 0 Å². The number of rotatable bonds is 6. The van der Waals surface area contributed by atoms with Crippen LogP contribution in [0.3, 0.4) is 0 Å². The van der Waals surface area contributed by atoms with Gasteiger partial charge in [0.25, 0.3) is 5.91 Å². The molecule has 0 saturated carbocycles. The molecule has 0 aliphatic carbocycles. The Hall–Kier alpha value is -4.00. The molecule has 3 rings (SSSR count). The molecule has 0 aromatic heterocycles. The van der Waals surface area contributed by atoms with E-state index in [2.05, 4.69) is 10.2 Å². The Morgan fingerprint density at radius 1 is 0.867 bits per heavy atom. The average Bonchev–Trinajstić information content (AvgIpc) is 2.77. The molecule has 0 fully saturated rings. The normalized spacial score (nSPS) is 11.8. The van der Waals surface area contributed by atoms with Gasteiger partial charge in [-0.05, 0) is 36.4 Å². The Morgan fingerprint density at radius 2 is 1.50 bits per heavy atom. The minimum atomic E-state index is -1.07. The molecule has 3 aromatic rings. The highest BCUT2D eigenvalue weighted by molar-refractivity contribution is 5.96. The first-order valence-electron chi connectivity index (χ1n) is 9.22. The fourth-order valence-corrected chi connectivity index (χ4v) is 2.66. The first-order chi connectivity index (χ1) is 14.5. The molecule has 7 heteroatoms. The van der Waals surface area contributed by atoms with Crippen molar-refractivity contribution >= 4 is 23.3 Å². The van der Waals surface area contributed by atoms with E-state index in [9.17, 15) is 14.7 Å². The SMILES string of the molecule is CN(C)C(=O)[C@@H](OC(=O)c1ccccc1N=Nc1ccc(O)cc1)c1ccccc1. The summed E-state index contributed by atoms with van der Waals surface area (Å²) in [5, 5.41) is 17.6. The minimum Gasteiger partial charge on any atom is -0.508 e. The van der Waals surface area contributed by atoms with Crippen LogP contribution in [0.5, 0.6) is 5.75 Å². The zero-order valence-corrected chi connectivity index (χ0v) is 16.6. The zero-order chi connectivity index (χ0) is 21.5. The minimum absolute atomic E-state index is 0.121. The number of carbonyl (C=O) groups is 2. The van der Waals surface area contributed by atoms with Crippen molar-refractivity contribution in [2.75, 3.05) is 14.1 Å². The molecular weight excluding hydrogens is 382 g/mol. The van der Waals surface area contributed by atoms with Crippen LogP contribution >= 0.6 is 0 Å². The van der Waals surface area contributed by atoms with Gasteiger partial charge in [0.1, 0.15) is 11.4 Å². The number of likely N-dealkylation sites (N-methyl/N-ethyl adjacent to an activating group) is 1. The van der Waals surface area contributed by atoms with Crippen LogP contribution in [0.1, 0.15) is 22.0 Å². The van der Waals surface area contributed by atoms with Crippen LogP contribution in [-0.4, -0.2) is 36.0 Å². The Labute approximate surface area is 174 Å². The molecule has 0 radical (unpaired) electrons. The second kappa shape index (κ2) is 9.47. The summed E-state index contributed by atoms with van der Waals surface area (Å²) < 4.78 is 5.59. The summed E-state index contributed by atoms with van der Waals surface area (Å²) in [4.78, 5) is 26.9. The van der Waals surface area contributed by atoms with E-state index in [0.717, 1.165) is 0 Å². The van der Waals surface area contributed by atoms with Gasteiger partial charge < -0.3 is 14.7 Å². The lowest BCUT2D eigenvalue weighted by Crippen LogP contribution is -2.31. The molecule has 0 spiro atoms. The second-order valence-electron chi connectivity index (χ2n) is 6.66. The van der Waals surface area contributed by atoms with Crippen molar-refractivity contribution in [3.05, 3.63) is 90.0 Å². The van der Waals surface area contributed by atoms with Crippen molar-refractivity contribution in [2.45, 2.75) is 6.10 Å². The highest BCUT2D eigenvalue weighted by Crippen LogP contribution is 2.27. The summed E-state index contributed by atoms with van der Waals surface area (Å²) >= 11 is 0. The van der Waals surface area contributed by atoms with Crippen molar-refractivity contribution in [1.29, 1.82) is 0 Å². The van der Waals surface area contributed by atoms with Gasteiger partial charge in [-0.2, -0.15) is 5.11 Å². The topological polar surface area (TPSA) is 91.6 Å². The number of amides is 1. The molecule has 30 heavy (non-hydrogen) atoms. The number of hydrogen-bond donors (Lipinski definition) is 1. The molecule has 1 amide bonds. The second-order valence-corrected chi connectivity index (χ2v) is 6.66. The van der Waals surface area contributed by atoms with Crippen LogP contribution in [0.25, 0.3) is 0 Å². The Bertz CT molecular complexity index is 1050. The number of carbonyl (C=O) groups excluding carboxylic acids is 2. The van der Waals surface area contributed by atoms with E-state index in [-0.39, 0.29) is 17.2 Å². The molecule has 1 atom stereocenters. The van der Waals surface area contributed by atoms with Crippen LogP contribution in [0.4, 0.5) is 11.4 Å². The number of phenolic OH excluding ortho intramolecular Hbond substituents is 1. The highest BCUT2D eigenvalue weighted by atomic mass is 16.5. The quantitative estimate of drug-likeness (QED) is 0.473. The van der Waals surface area contributed by atoms with E-state index in [1.807, 2.05) is 6.07 Å². The number of phenols is 1. The van der Waals surface area contributed by atoms with E-state index in [0.29, 0.717) is 16.9 Å². The molecule has 1 N–H and O–H groups in total. The molecule has 0 saturated heterocycles. The third kappa shape index (κ3) is 5.08. The van der Waals surface area contributed by atoms with Gasteiger partial charge in [0.05, 0.1) is 11.3 Å². The number of azo groups is 1. The molecular formula is C23H21N3O4. The van der Waals surface area contributed by atoms with Gasteiger partial charge in [0.15, 0.2) is 0 Å². The van der Waals surface area contributed by atoms with Crippen LogP contribution in [0, 0.1) is 0 Å². The predicted molar refractivity (Wildman–Crippen MR) is 112 cm³/mol. The molecule has 0 aliphatic heterocycles. The van der Waals surface area contributed by atoms with Gasteiger partial charge in [0, 0.05) is 19.7 Å². The Kier molecular flexibility index (Phi) is 6.54. The third-order valence-corrected chi connectivity index (χ3v) is 4.24. The van der Waals surface area contributed by atoms with E-state index in [1.54, 1.807) is 74.8 Å². The zero-order valence-electron chi connectivity index (χ0n) is 16.6. The maximum atomic E-state index is 12.9. The monoisotopic (exact) mass is 403 g/mol. The smallest absolute Gasteiger partial charge is 0.341 e. The molecule has 0 bridgehead atoms.